The predicted molar refractivity (Wildman–Crippen MR) is 137 cm³/mol. The first-order valence-electron chi connectivity index (χ1n) is 11.0. The molecule has 3 amide bonds. The van der Waals surface area contributed by atoms with Gasteiger partial charge in [0, 0.05) is 25.4 Å². The van der Waals surface area contributed by atoms with E-state index in [1.54, 1.807) is 0 Å². The van der Waals surface area contributed by atoms with Crippen LogP contribution in [-0.2, 0) is 11.4 Å². The summed E-state index contributed by atoms with van der Waals surface area (Å²) in [5.74, 6) is -0.315. The molecular formula is C25H23Cl2N5O3. The minimum atomic E-state index is -0.830. The lowest BCUT2D eigenvalue weighted by atomic mass is 9.96. The number of carbonyl (C=O) groups excluding carboxylic acids is 2. The third-order valence-electron chi connectivity index (χ3n) is 5.53. The summed E-state index contributed by atoms with van der Waals surface area (Å²) >= 11 is 12.2. The maximum atomic E-state index is 12.9. The molecule has 2 aromatic carbocycles. The number of halogens is 2. The molecule has 8 nitrogen and oxygen atoms in total. The number of likely N-dealkylation sites (N-methyl/N-ethyl adjacent to an activating group) is 1. The second kappa shape index (κ2) is 10.9. The summed E-state index contributed by atoms with van der Waals surface area (Å²) in [6, 6.07) is 14.0. The lowest BCUT2D eigenvalue weighted by molar-refractivity contribution is -0.133. The van der Waals surface area contributed by atoms with Gasteiger partial charge in [-0.2, -0.15) is 5.10 Å². The number of nitrogens with zero attached hydrogens (tertiary/aromatic N) is 3. The van der Waals surface area contributed by atoms with E-state index in [1.165, 1.54) is 17.4 Å². The first kappa shape index (κ1) is 24.7. The molecule has 10 heteroatoms. The van der Waals surface area contributed by atoms with Gasteiger partial charge in [0.2, 0.25) is 0 Å². The SMILES string of the molecule is CCN1N=C(c2cccc(-c3cccc(CO)c3)c2)CC(NC(=O)Nc2c(Cl)cncc2Cl)C1=O. The topological polar surface area (TPSA) is 107 Å². The number of aliphatic hydroxyl groups excluding tert-OH is 1. The standard InChI is InChI=1S/C25H23Cl2N5O3/c1-2-32-24(34)22(29-25(35)30-23-19(26)12-28-13-20(23)27)11-21(31-32)18-8-4-7-17(10-18)16-6-3-5-15(9-16)14-33/h3-10,12-13,22,33H,2,11,14H2,1H3,(H2,28,29,30,35). The normalized spacial score (nSPS) is 15.5. The average Bonchev–Trinajstić information content (AvgIpc) is 2.87. The molecule has 2 heterocycles. The van der Waals surface area contributed by atoms with E-state index in [-0.39, 0.29) is 34.7 Å². The summed E-state index contributed by atoms with van der Waals surface area (Å²) in [5.41, 5.74) is 4.42. The molecular weight excluding hydrogens is 489 g/mol. The zero-order chi connectivity index (χ0) is 24.9. The van der Waals surface area contributed by atoms with Crippen LogP contribution in [-0.4, -0.2) is 45.3 Å². The third-order valence-corrected chi connectivity index (χ3v) is 6.10. The van der Waals surface area contributed by atoms with Crippen LogP contribution in [0.15, 0.2) is 66.0 Å². The fraction of sp³-hybridized carbons (Fsp3) is 0.200. The van der Waals surface area contributed by atoms with Crippen molar-refractivity contribution in [2.75, 3.05) is 11.9 Å². The Hall–Kier alpha value is -3.46. The van der Waals surface area contributed by atoms with Crippen molar-refractivity contribution in [3.8, 4) is 11.1 Å². The van der Waals surface area contributed by atoms with Gasteiger partial charge in [0.05, 0.1) is 28.1 Å². The molecule has 0 saturated carbocycles. The number of aromatic nitrogens is 1. The number of amides is 3. The second-order valence-electron chi connectivity index (χ2n) is 7.87. The highest BCUT2D eigenvalue weighted by Crippen LogP contribution is 2.29. The molecule has 35 heavy (non-hydrogen) atoms. The molecule has 1 aliphatic rings. The van der Waals surface area contributed by atoms with E-state index in [1.807, 2.05) is 55.5 Å². The molecule has 1 aliphatic heterocycles. The fourth-order valence-corrected chi connectivity index (χ4v) is 4.24. The number of hydrogen-bond acceptors (Lipinski definition) is 5. The monoisotopic (exact) mass is 511 g/mol. The van der Waals surface area contributed by atoms with Gasteiger partial charge < -0.3 is 15.7 Å². The van der Waals surface area contributed by atoms with Gasteiger partial charge in [-0.05, 0) is 41.3 Å². The van der Waals surface area contributed by atoms with Crippen molar-refractivity contribution < 1.29 is 14.7 Å². The number of rotatable bonds is 6. The number of urea groups is 1. The van der Waals surface area contributed by atoms with Gasteiger partial charge in [-0.1, -0.05) is 59.6 Å². The van der Waals surface area contributed by atoms with Crippen LogP contribution in [0.2, 0.25) is 10.0 Å². The molecule has 1 aromatic heterocycles. The van der Waals surface area contributed by atoms with Crippen molar-refractivity contribution in [1.82, 2.24) is 15.3 Å². The number of anilines is 1. The van der Waals surface area contributed by atoms with Gasteiger partial charge in [-0.25, -0.2) is 9.80 Å². The molecule has 0 aliphatic carbocycles. The minimum absolute atomic E-state index is 0.0425. The van der Waals surface area contributed by atoms with Crippen LogP contribution in [0.1, 0.15) is 24.5 Å². The lowest BCUT2D eigenvalue weighted by Gasteiger charge is -2.29. The van der Waals surface area contributed by atoms with Crippen molar-refractivity contribution in [1.29, 1.82) is 0 Å². The van der Waals surface area contributed by atoms with E-state index >= 15 is 0 Å². The summed E-state index contributed by atoms with van der Waals surface area (Å²) in [6.07, 6.45) is 2.93. The highest BCUT2D eigenvalue weighted by atomic mass is 35.5. The van der Waals surface area contributed by atoms with Crippen molar-refractivity contribution in [2.45, 2.75) is 26.0 Å². The Morgan fingerprint density at radius 2 is 1.74 bits per heavy atom. The summed E-state index contributed by atoms with van der Waals surface area (Å²) in [5, 5.41) is 21.0. The van der Waals surface area contributed by atoms with Crippen molar-refractivity contribution in [2.24, 2.45) is 5.10 Å². The number of carbonyl (C=O) groups is 2. The maximum absolute atomic E-state index is 12.9. The summed E-state index contributed by atoms with van der Waals surface area (Å²) in [4.78, 5) is 29.4. The van der Waals surface area contributed by atoms with Gasteiger partial charge in [-0.3, -0.25) is 9.78 Å². The third kappa shape index (κ3) is 5.62. The van der Waals surface area contributed by atoms with Crippen LogP contribution in [0.25, 0.3) is 11.1 Å². The maximum Gasteiger partial charge on any atom is 0.319 e. The molecule has 0 radical (unpaired) electrons. The molecule has 0 saturated heterocycles. The van der Waals surface area contributed by atoms with E-state index in [0.29, 0.717) is 12.3 Å². The quantitative estimate of drug-likeness (QED) is 0.445. The minimum Gasteiger partial charge on any atom is -0.392 e. The molecule has 3 N–H and O–H groups in total. The number of pyridine rings is 1. The van der Waals surface area contributed by atoms with Crippen LogP contribution in [0.3, 0.4) is 0 Å². The molecule has 1 atom stereocenters. The Labute approximate surface area is 212 Å². The van der Waals surface area contributed by atoms with Crippen LogP contribution in [0, 0.1) is 0 Å². The summed E-state index contributed by atoms with van der Waals surface area (Å²) in [7, 11) is 0. The van der Waals surface area contributed by atoms with Gasteiger partial charge >= 0.3 is 6.03 Å². The molecule has 180 valence electrons. The van der Waals surface area contributed by atoms with E-state index in [2.05, 4.69) is 20.7 Å². The number of hydrazone groups is 1. The first-order chi connectivity index (χ1) is 16.9. The van der Waals surface area contributed by atoms with Crippen LogP contribution < -0.4 is 10.6 Å². The summed E-state index contributed by atoms with van der Waals surface area (Å²) in [6.45, 7) is 2.12. The highest BCUT2D eigenvalue weighted by Gasteiger charge is 2.32. The van der Waals surface area contributed by atoms with Gasteiger partial charge in [0.15, 0.2) is 0 Å². The number of hydrogen-bond donors (Lipinski definition) is 3. The van der Waals surface area contributed by atoms with Crippen LogP contribution in [0.5, 0.6) is 0 Å². The predicted octanol–water partition coefficient (Wildman–Crippen LogP) is 4.69. The fourth-order valence-electron chi connectivity index (χ4n) is 3.78. The van der Waals surface area contributed by atoms with Crippen LogP contribution >= 0.6 is 23.2 Å². The summed E-state index contributed by atoms with van der Waals surface area (Å²) < 4.78 is 0. The van der Waals surface area contributed by atoms with Gasteiger partial charge in [-0.15, -0.1) is 0 Å². The van der Waals surface area contributed by atoms with Crippen LogP contribution in [0.4, 0.5) is 10.5 Å². The Morgan fingerprint density at radius 1 is 1.09 bits per heavy atom. The smallest absolute Gasteiger partial charge is 0.319 e. The average molecular weight is 512 g/mol. The van der Waals surface area contributed by atoms with E-state index in [4.69, 9.17) is 23.2 Å². The zero-order valence-electron chi connectivity index (χ0n) is 18.8. The second-order valence-corrected chi connectivity index (χ2v) is 8.69. The highest BCUT2D eigenvalue weighted by molar-refractivity contribution is 6.39. The van der Waals surface area contributed by atoms with Gasteiger partial charge in [0.25, 0.3) is 5.91 Å². The van der Waals surface area contributed by atoms with Crippen molar-refractivity contribution >= 4 is 46.5 Å². The lowest BCUT2D eigenvalue weighted by Crippen LogP contribution is -2.52. The largest absolute Gasteiger partial charge is 0.392 e. The molecule has 0 fully saturated rings. The van der Waals surface area contributed by atoms with E-state index < -0.39 is 12.1 Å². The Kier molecular flexibility index (Phi) is 7.65. The van der Waals surface area contributed by atoms with E-state index in [0.717, 1.165) is 22.3 Å². The number of aliphatic hydroxyl groups is 1. The molecule has 0 bridgehead atoms. The zero-order valence-corrected chi connectivity index (χ0v) is 20.3. The van der Waals surface area contributed by atoms with Gasteiger partial charge in [0.1, 0.15) is 6.04 Å². The molecule has 0 spiro atoms. The molecule has 4 rings (SSSR count). The molecule has 1 unspecified atom stereocenters. The Bertz CT molecular complexity index is 1280. The van der Waals surface area contributed by atoms with E-state index in [9.17, 15) is 14.7 Å². The first-order valence-corrected chi connectivity index (χ1v) is 11.7. The van der Waals surface area contributed by atoms with Crippen molar-refractivity contribution in [3.63, 3.8) is 0 Å². The van der Waals surface area contributed by atoms with Crippen molar-refractivity contribution in [3.05, 3.63) is 82.1 Å². The Morgan fingerprint density at radius 3 is 2.43 bits per heavy atom. The Balaban J connectivity index is 1.56. The molecule has 3 aromatic rings. The number of benzene rings is 2. The number of nitrogens with one attached hydrogen (secondary N) is 2.